The van der Waals surface area contributed by atoms with Gasteiger partial charge >= 0.3 is 0 Å². The largest absolute Gasteiger partial charge is 0.381 e. The first kappa shape index (κ1) is 16.9. The Morgan fingerprint density at radius 1 is 1.16 bits per heavy atom. The molecule has 0 spiro atoms. The molecule has 0 aliphatic carbocycles. The molecule has 0 aromatic rings. The summed E-state index contributed by atoms with van der Waals surface area (Å²) in [6, 6.07) is 0. The maximum atomic E-state index is 11.8. The number of sulfonamides is 1. The van der Waals surface area contributed by atoms with Crippen molar-refractivity contribution in [2.24, 2.45) is 5.92 Å². The molecule has 114 valence electrons. The molecule has 1 fully saturated rings. The highest BCUT2D eigenvalue weighted by molar-refractivity contribution is 7.89. The zero-order valence-corrected chi connectivity index (χ0v) is 12.8. The van der Waals surface area contributed by atoms with Gasteiger partial charge in [0.05, 0.1) is 5.75 Å². The summed E-state index contributed by atoms with van der Waals surface area (Å²) in [6.45, 7) is 6.13. The third-order valence-corrected chi connectivity index (χ3v) is 4.81. The lowest BCUT2D eigenvalue weighted by molar-refractivity contribution is 0.0678. The standard InChI is InChI=1S/C13H28N2O3S/c1-2-7-14-8-3-4-11-19(16,17)15-12-13-5-9-18-10-6-13/h13-15H,2-12H2,1H3. The minimum absolute atomic E-state index is 0.240. The number of hydrogen-bond donors (Lipinski definition) is 2. The molecule has 1 saturated heterocycles. The van der Waals surface area contributed by atoms with Crippen molar-refractivity contribution in [3.8, 4) is 0 Å². The monoisotopic (exact) mass is 292 g/mol. The normalized spacial score (nSPS) is 17.7. The third kappa shape index (κ3) is 8.57. The van der Waals surface area contributed by atoms with Gasteiger partial charge in [-0.2, -0.15) is 0 Å². The number of nitrogens with one attached hydrogen (secondary N) is 2. The van der Waals surface area contributed by atoms with Crippen LogP contribution in [0.15, 0.2) is 0 Å². The van der Waals surface area contributed by atoms with Gasteiger partial charge in [0.25, 0.3) is 0 Å². The van der Waals surface area contributed by atoms with Crippen LogP contribution in [-0.2, 0) is 14.8 Å². The molecule has 0 atom stereocenters. The van der Waals surface area contributed by atoms with E-state index in [1.165, 1.54) is 0 Å². The Bertz CT molecular complexity index is 314. The summed E-state index contributed by atoms with van der Waals surface area (Å²) in [7, 11) is -3.09. The molecule has 0 saturated carbocycles. The van der Waals surface area contributed by atoms with E-state index < -0.39 is 10.0 Å². The lowest BCUT2D eigenvalue weighted by Crippen LogP contribution is -2.33. The number of rotatable bonds is 10. The van der Waals surface area contributed by atoms with Crippen LogP contribution in [0.2, 0.25) is 0 Å². The molecule has 6 heteroatoms. The zero-order valence-electron chi connectivity index (χ0n) is 12.0. The Labute approximate surface area is 117 Å². The molecule has 0 amide bonds. The molecular formula is C13H28N2O3S. The predicted octanol–water partition coefficient (Wildman–Crippen LogP) is 1.11. The Balaban J connectivity index is 2.06. The molecular weight excluding hydrogens is 264 g/mol. The first-order chi connectivity index (χ1) is 9.14. The first-order valence-electron chi connectivity index (χ1n) is 7.40. The van der Waals surface area contributed by atoms with E-state index >= 15 is 0 Å². The molecule has 19 heavy (non-hydrogen) atoms. The molecule has 0 aromatic carbocycles. The Morgan fingerprint density at radius 3 is 2.58 bits per heavy atom. The van der Waals surface area contributed by atoms with E-state index in [0.717, 1.165) is 58.4 Å². The Hall–Kier alpha value is -0.170. The van der Waals surface area contributed by atoms with Gasteiger partial charge in [0.15, 0.2) is 0 Å². The van der Waals surface area contributed by atoms with Gasteiger partial charge in [0, 0.05) is 19.8 Å². The van der Waals surface area contributed by atoms with Gasteiger partial charge in [-0.15, -0.1) is 0 Å². The summed E-state index contributed by atoms with van der Waals surface area (Å²) in [5.41, 5.74) is 0. The van der Waals surface area contributed by atoms with Crippen molar-refractivity contribution >= 4 is 10.0 Å². The van der Waals surface area contributed by atoms with Gasteiger partial charge in [0.1, 0.15) is 0 Å². The third-order valence-electron chi connectivity index (χ3n) is 3.38. The summed E-state index contributed by atoms with van der Waals surface area (Å²) in [6.07, 6.45) is 4.68. The molecule has 0 unspecified atom stereocenters. The van der Waals surface area contributed by atoms with Crippen LogP contribution >= 0.6 is 0 Å². The second kappa shape index (κ2) is 9.69. The summed E-state index contributed by atoms with van der Waals surface area (Å²) >= 11 is 0. The van der Waals surface area contributed by atoms with Crippen LogP contribution in [-0.4, -0.2) is 47.0 Å². The second-order valence-corrected chi connectivity index (χ2v) is 7.11. The van der Waals surface area contributed by atoms with Gasteiger partial charge in [-0.25, -0.2) is 13.1 Å². The predicted molar refractivity (Wildman–Crippen MR) is 77.7 cm³/mol. The van der Waals surface area contributed by atoms with E-state index in [0.29, 0.717) is 12.5 Å². The van der Waals surface area contributed by atoms with E-state index in [-0.39, 0.29) is 5.75 Å². The topological polar surface area (TPSA) is 67.4 Å². The van der Waals surface area contributed by atoms with Crippen LogP contribution in [0, 0.1) is 5.92 Å². The van der Waals surface area contributed by atoms with Gasteiger partial charge in [0.2, 0.25) is 10.0 Å². The summed E-state index contributed by atoms with van der Waals surface area (Å²) in [5.74, 6) is 0.680. The summed E-state index contributed by atoms with van der Waals surface area (Å²) in [5, 5.41) is 3.28. The van der Waals surface area contributed by atoms with Crippen molar-refractivity contribution in [3.05, 3.63) is 0 Å². The van der Waals surface area contributed by atoms with E-state index in [1.807, 2.05) is 0 Å². The smallest absolute Gasteiger partial charge is 0.211 e. The van der Waals surface area contributed by atoms with Crippen LogP contribution < -0.4 is 10.0 Å². The number of ether oxygens (including phenoxy) is 1. The number of unbranched alkanes of at least 4 members (excludes halogenated alkanes) is 1. The van der Waals surface area contributed by atoms with Gasteiger partial charge in [-0.05, 0) is 51.1 Å². The molecule has 0 radical (unpaired) electrons. The Morgan fingerprint density at radius 2 is 1.89 bits per heavy atom. The molecule has 1 aliphatic heterocycles. The lowest BCUT2D eigenvalue weighted by atomic mass is 10.0. The minimum Gasteiger partial charge on any atom is -0.381 e. The average molecular weight is 292 g/mol. The van der Waals surface area contributed by atoms with E-state index in [9.17, 15) is 8.42 Å². The van der Waals surface area contributed by atoms with Crippen molar-refractivity contribution in [1.29, 1.82) is 0 Å². The van der Waals surface area contributed by atoms with Gasteiger partial charge in [-0.3, -0.25) is 0 Å². The summed E-state index contributed by atoms with van der Waals surface area (Å²) in [4.78, 5) is 0. The lowest BCUT2D eigenvalue weighted by Gasteiger charge is -2.22. The maximum Gasteiger partial charge on any atom is 0.211 e. The van der Waals surface area contributed by atoms with Crippen LogP contribution in [0.5, 0.6) is 0 Å². The van der Waals surface area contributed by atoms with Crippen LogP contribution in [0.25, 0.3) is 0 Å². The van der Waals surface area contributed by atoms with E-state index in [1.54, 1.807) is 0 Å². The Kier molecular flexibility index (Phi) is 8.61. The van der Waals surface area contributed by atoms with E-state index in [4.69, 9.17) is 4.74 Å². The summed E-state index contributed by atoms with van der Waals surface area (Å²) < 4.78 is 31.6. The van der Waals surface area contributed by atoms with Crippen LogP contribution in [0.1, 0.15) is 39.0 Å². The van der Waals surface area contributed by atoms with Crippen molar-refractivity contribution in [2.75, 3.05) is 38.6 Å². The highest BCUT2D eigenvalue weighted by Gasteiger charge is 2.17. The van der Waals surface area contributed by atoms with Gasteiger partial charge < -0.3 is 10.1 Å². The minimum atomic E-state index is -3.09. The molecule has 1 heterocycles. The van der Waals surface area contributed by atoms with Crippen molar-refractivity contribution in [2.45, 2.75) is 39.0 Å². The quantitative estimate of drug-likeness (QED) is 0.592. The highest BCUT2D eigenvalue weighted by atomic mass is 32.2. The maximum absolute atomic E-state index is 11.8. The first-order valence-corrected chi connectivity index (χ1v) is 9.05. The fourth-order valence-corrected chi connectivity index (χ4v) is 3.33. The highest BCUT2D eigenvalue weighted by Crippen LogP contribution is 2.13. The van der Waals surface area contributed by atoms with Crippen molar-refractivity contribution in [3.63, 3.8) is 0 Å². The van der Waals surface area contributed by atoms with Crippen molar-refractivity contribution < 1.29 is 13.2 Å². The van der Waals surface area contributed by atoms with Crippen molar-refractivity contribution in [1.82, 2.24) is 10.0 Å². The van der Waals surface area contributed by atoms with Gasteiger partial charge in [-0.1, -0.05) is 6.92 Å². The SMILES string of the molecule is CCCNCCCCS(=O)(=O)NCC1CCOCC1. The fraction of sp³-hybridized carbons (Fsp3) is 1.00. The fourth-order valence-electron chi connectivity index (χ4n) is 2.11. The number of hydrogen-bond acceptors (Lipinski definition) is 4. The molecule has 0 bridgehead atoms. The molecule has 0 aromatic heterocycles. The molecule has 1 aliphatic rings. The average Bonchev–Trinajstić information content (AvgIpc) is 2.42. The van der Waals surface area contributed by atoms with E-state index in [2.05, 4.69) is 17.0 Å². The molecule has 5 nitrogen and oxygen atoms in total. The zero-order chi connectivity index (χ0) is 14.0. The molecule has 1 rings (SSSR count). The molecule has 2 N–H and O–H groups in total. The van der Waals surface area contributed by atoms with Crippen LogP contribution in [0.4, 0.5) is 0 Å². The second-order valence-electron chi connectivity index (χ2n) is 5.18. The van der Waals surface area contributed by atoms with Crippen LogP contribution in [0.3, 0.4) is 0 Å².